The summed E-state index contributed by atoms with van der Waals surface area (Å²) in [5, 5.41) is 0. The van der Waals surface area contributed by atoms with E-state index in [2.05, 4.69) is 11.0 Å². The Hall–Kier alpha value is -1.69. The summed E-state index contributed by atoms with van der Waals surface area (Å²) in [4.78, 5) is 0. The summed E-state index contributed by atoms with van der Waals surface area (Å²) in [7, 11) is -3.37. The van der Waals surface area contributed by atoms with Crippen molar-refractivity contribution < 1.29 is 17.5 Å². The predicted molar refractivity (Wildman–Crippen MR) is 106 cm³/mol. The summed E-state index contributed by atoms with van der Waals surface area (Å²) >= 11 is 0. The fourth-order valence-corrected chi connectivity index (χ4v) is 5.29. The molecule has 0 aromatic heterocycles. The van der Waals surface area contributed by atoms with Crippen molar-refractivity contribution in [1.29, 1.82) is 0 Å². The van der Waals surface area contributed by atoms with Crippen molar-refractivity contribution in [3.63, 3.8) is 0 Å². The summed E-state index contributed by atoms with van der Waals surface area (Å²) in [6.45, 7) is 4.18. The van der Waals surface area contributed by atoms with Gasteiger partial charge in [-0.3, -0.25) is 0 Å². The maximum absolute atomic E-state index is 14.5. The molecule has 1 aromatic carbocycles. The Morgan fingerprint density at radius 2 is 2.07 bits per heavy atom. The molecule has 2 unspecified atom stereocenters. The SMILES string of the molecule is C=CCCCCCOc1ccc(C2CCCC3CCS(=O)(=O)N=C32)cc1F. The van der Waals surface area contributed by atoms with E-state index in [1.807, 2.05) is 12.1 Å². The molecule has 1 fully saturated rings. The monoisotopic (exact) mass is 393 g/mol. The smallest absolute Gasteiger partial charge is 0.253 e. The molecule has 2 atom stereocenters. The summed E-state index contributed by atoms with van der Waals surface area (Å²) in [5.41, 5.74) is 1.52. The van der Waals surface area contributed by atoms with Crippen molar-refractivity contribution in [2.75, 3.05) is 12.4 Å². The molecule has 1 aliphatic carbocycles. The van der Waals surface area contributed by atoms with Gasteiger partial charge in [-0.1, -0.05) is 18.6 Å². The molecule has 0 radical (unpaired) electrons. The normalized spacial score (nSPS) is 24.0. The van der Waals surface area contributed by atoms with Crippen LogP contribution in [0.25, 0.3) is 0 Å². The van der Waals surface area contributed by atoms with Crippen LogP contribution in [0.1, 0.15) is 62.8 Å². The van der Waals surface area contributed by atoms with Crippen LogP contribution in [0.3, 0.4) is 0 Å². The van der Waals surface area contributed by atoms with Gasteiger partial charge in [0.2, 0.25) is 0 Å². The minimum Gasteiger partial charge on any atom is -0.491 e. The van der Waals surface area contributed by atoms with Crippen molar-refractivity contribution in [2.24, 2.45) is 10.3 Å². The minimum absolute atomic E-state index is 0.110. The maximum Gasteiger partial charge on any atom is 0.253 e. The second kappa shape index (κ2) is 9.00. The number of fused-ring (bicyclic) bond motifs is 1. The molecule has 1 aliphatic heterocycles. The van der Waals surface area contributed by atoms with Crippen LogP contribution in [0.2, 0.25) is 0 Å². The first-order chi connectivity index (χ1) is 13.0. The van der Waals surface area contributed by atoms with Gasteiger partial charge in [-0.05, 0) is 68.6 Å². The topological polar surface area (TPSA) is 55.7 Å². The molecule has 0 N–H and O–H groups in total. The van der Waals surface area contributed by atoms with Crippen molar-refractivity contribution >= 4 is 15.7 Å². The fraction of sp³-hybridized carbons (Fsp3) is 0.571. The molecule has 1 heterocycles. The highest BCUT2D eigenvalue weighted by Gasteiger charge is 2.35. The Balaban J connectivity index is 1.67. The number of unbranched alkanes of at least 4 members (excludes halogenated alkanes) is 3. The number of nitrogens with zero attached hydrogens (tertiary/aromatic N) is 1. The molecule has 1 saturated carbocycles. The van der Waals surface area contributed by atoms with Gasteiger partial charge in [-0.15, -0.1) is 6.58 Å². The van der Waals surface area contributed by atoms with Gasteiger partial charge >= 0.3 is 0 Å². The number of hydrogen-bond donors (Lipinski definition) is 0. The highest BCUT2D eigenvalue weighted by molar-refractivity contribution is 7.90. The lowest BCUT2D eigenvalue weighted by Crippen LogP contribution is -2.33. The van der Waals surface area contributed by atoms with Crippen LogP contribution in [-0.4, -0.2) is 26.5 Å². The summed E-state index contributed by atoms with van der Waals surface area (Å²) in [6.07, 6.45) is 9.31. The van der Waals surface area contributed by atoms with Crippen molar-refractivity contribution in [3.8, 4) is 5.75 Å². The molecule has 4 nitrogen and oxygen atoms in total. The number of ether oxygens (including phenoxy) is 1. The highest BCUT2D eigenvalue weighted by Crippen LogP contribution is 2.39. The van der Waals surface area contributed by atoms with E-state index in [0.717, 1.165) is 56.2 Å². The third-order valence-electron chi connectivity index (χ3n) is 5.46. The summed E-state index contributed by atoms with van der Waals surface area (Å²) in [5.74, 6) is 0.0954. The first-order valence-electron chi connectivity index (χ1n) is 9.86. The van der Waals surface area contributed by atoms with Gasteiger partial charge in [0.1, 0.15) is 0 Å². The lowest BCUT2D eigenvalue weighted by atomic mass is 9.75. The van der Waals surface area contributed by atoms with Gasteiger partial charge in [-0.2, -0.15) is 4.40 Å². The van der Waals surface area contributed by atoms with Crippen LogP contribution in [0.4, 0.5) is 4.39 Å². The molecule has 6 heteroatoms. The van der Waals surface area contributed by atoms with Crippen LogP contribution in [0.15, 0.2) is 35.3 Å². The molecule has 0 bridgehead atoms. The van der Waals surface area contributed by atoms with E-state index in [1.54, 1.807) is 6.07 Å². The number of benzene rings is 1. The second-order valence-corrected chi connectivity index (χ2v) is 9.20. The molecule has 148 valence electrons. The number of halogens is 1. The van der Waals surface area contributed by atoms with Gasteiger partial charge in [0, 0.05) is 11.6 Å². The molecule has 0 amide bonds. The zero-order chi connectivity index (χ0) is 19.3. The van der Waals surface area contributed by atoms with E-state index < -0.39 is 10.0 Å². The standard InChI is InChI=1S/C21H28FNO3S/c1-2-3-4-5-6-13-26-20-11-10-17(15-19(20)22)18-9-7-8-16-12-14-27(24,25)23-21(16)18/h2,10-11,15-16,18H,1,3-9,12-14H2. The van der Waals surface area contributed by atoms with E-state index in [0.29, 0.717) is 13.0 Å². The van der Waals surface area contributed by atoms with E-state index >= 15 is 0 Å². The van der Waals surface area contributed by atoms with Crippen molar-refractivity contribution in [2.45, 2.75) is 57.3 Å². The van der Waals surface area contributed by atoms with Gasteiger partial charge in [-0.25, -0.2) is 12.8 Å². The largest absolute Gasteiger partial charge is 0.491 e. The molecule has 0 spiro atoms. The van der Waals surface area contributed by atoms with Crippen molar-refractivity contribution in [3.05, 3.63) is 42.2 Å². The van der Waals surface area contributed by atoms with E-state index in [9.17, 15) is 12.8 Å². The maximum atomic E-state index is 14.5. The summed E-state index contributed by atoms with van der Waals surface area (Å²) < 4.78 is 48.0. The molecule has 1 aromatic rings. The first-order valence-corrected chi connectivity index (χ1v) is 11.5. The molecule has 3 rings (SSSR count). The van der Waals surface area contributed by atoms with Crippen LogP contribution in [0.5, 0.6) is 5.75 Å². The Labute approximate surface area is 161 Å². The van der Waals surface area contributed by atoms with Gasteiger partial charge < -0.3 is 4.74 Å². The second-order valence-electron chi connectivity index (χ2n) is 7.45. The van der Waals surface area contributed by atoms with E-state index in [-0.39, 0.29) is 29.2 Å². The highest BCUT2D eigenvalue weighted by atomic mass is 32.2. The Morgan fingerprint density at radius 1 is 1.22 bits per heavy atom. The molecule has 0 saturated heterocycles. The average molecular weight is 394 g/mol. The quantitative estimate of drug-likeness (QED) is 0.461. The van der Waals surface area contributed by atoms with Crippen molar-refractivity contribution in [1.82, 2.24) is 0 Å². The number of sulfonamides is 1. The average Bonchev–Trinajstić information content (AvgIpc) is 2.64. The lowest BCUT2D eigenvalue weighted by Gasteiger charge is -2.33. The minimum atomic E-state index is -3.37. The lowest BCUT2D eigenvalue weighted by molar-refractivity contribution is 0.290. The van der Waals surface area contributed by atoms with Gasteiger partial charge in [0.15, 0.2) is 11.6 Å². The Morgan fingerprint density at radius 3 is 2.85 bits per heavy atom. The van der Waals surface area contributed by atoms with Gasteiger partial charge in [0.25, 0.3) is 10.0 Å². The first kappa shape index (κ1) is 20.1. The van der Waals surface area contributed by atoms with Crippen LogP contribution >= 0.6 is 0 Å². The third-order valence-corrected chi connectivity index (χ3v) is 6.70. The Bertz CT molecular complexity index is 804. The van der Waals surface area contributed by atoms with Gasteiger partial charge in [0.05, 0.1) is 12.4 Å². The molecular weight excluding hydrogens is 365 g/mol. The van der Waals surface area contributed by atoms with E-state index in [4.69, 9.17) is 4.74 Å². The Kier molecular flexibility index (Phi) is 6.68. The number of rotatable bonds is 8. The zero-order valence-electron chi connectivity index (χ0n) is 15.7. The summed E-state index contributed by atoms with van der Waals surface area (Å²) in [6, 6.07) is 5.01. The third kappa shape index (κ3) is 5.18. The number of allylic oxidation sites excluding steroid dienone is 1. The van der Waals surface area contributed by atoms with Crippen LogP contribution < -0.4 is 4.74 Å². The predicted octanol–water partition coefficient (Wildman–Crippen LogP) is 5.01. The van der Waals surface area contributed by atoms with Crippen LogP contribution in [-0.2, 0) is 10.0 Å². The van der Waals surface area contributed by atoms with Crippen LogP contribution in [0, 0.1) is 11.7 Å². The zero-order valence-corrected chi connectivity index (χ0v) is 16.5. The molecular formula is C21H28FNO3S. The molecule has 27 heavy (non-hydrogen) atoms. The fourth-order valence-electron chi connectivity index (χ4n) is 4.01. The number of hydrogen-bond acceptors (Lipinski definition) is 3. The molecule has 2 aliphatic rings. The van der Waals surface area contributed by atoms with E-state index in [1.165, 1.54) is 6.07 Å².